The Morgan fingerprint density at radius 3 is 2.21 bits per heavy atom. The molecule has 1 fully saturated rings. The van der Waals surface area contributed by atoms with Gasteiger partial charge in [0.15, 0.2) is 11.6 Å². The molecule has 3 heteroatoms. The van der Waals surface area contributed by atoms with Gasteiger partial charge in [-0.1, -0.05) is 45.2 Å². The van der Waals surface area contributed by atoms with Crippen LogP contribution in [0.15, 0.2) is 18.2 Å². The van der Waals surface area contributed by atoms with Crippen LogP contribution in [-0.2, 0) is 12.8 Å². The molecule has 150 valence electrons. The van der Waals surface area contributed by atoms with Crippen LogP contribution in [0.3, 0.4) is 0 Å². The molecule has 2 aromatic carbocycles. The van der Waals surface area contributed by atoms with E-state index in [1.807, 2.05) is 6.92 Å². The third kappa shape index (κ3) is 3.38. The first-order valence-electron chi connectivity index (χ1n) is 10.9. The fourth-order valence-corrected chi connectivity index (χ4v) is 5.34. The van der Waals surface area contributed by atoms with Crippen molar-refractivity contribution in [3.05, 3.63) is 57.9 Å². The summed E-state index contributed by atoms with van der Waals surface area (Å²) in [5.41, 5.74) is 3.39. The summed E-state index contributed by atoms with van der Waals surface area (Å²) in [7, 11) is 0. The molecule has 0 N–H and O–H groups in total. The minimum Gasteiger partial charge on any atom is -0.206 e. The van der Waals surface area contributed by atoms with Crippen LogP contribution < -0.4 is 0 Å². The SMILES string of the molecule is CCCc1cc2c(c(F)c1F)-c1c(F)cc(C3CCC(CCC)CC3)cc1C2. The normalized spacial score (nSPS) is 20.9. The van der Waals surface area contributed by atoms with Gasteiger partial charge in [0.1, 0.15) is 5.82 Å². The van der Waals surface area contributed by atoms with Gasteiger partial charge in [-0.3, -0.25) is 0 Å². The Bertz CT molecular complexity index is 876. The van der Waals surface area contributed by atoms with Crippen LogP contribution in [0.25, 0.3) is 11.1 Å². The summed E-state index contributed by atoms with van der Waals surface area (Å²) in [5, 5.41) is 0. The Balaban J connectivity index is 1.65. The smallest absolute Gasteiger partial charge is 0.167 e. The average molecular weight is 387 g/mol. The lowest BCUT2D eigenvalue weighted by Crippen LogP contribution is -2.13. The molecule has 0 saturated heterocycles. The zero-order valence-corrected chi connectivity index (χ0v) is 16.9. The van der Waals surface area contributed by atoms with E-state index >= 15 is 4.39 Å². The van der Waals surface area contributed by atoms with E-state index in [-0.39, 0.29) is 11.1 Å². The fourth-order valence-electron chi connectivity index (χ4n) is 5.34. The van der Waals surface area contributed by atoms with Gasteiger partial charge in [0.2, 0.25) is 0 Å². The molecular formula is C25H29F3. The number of fused-ring (bicyclic) bond motifs is 3. The zero-order valence-electron chi connectivity index (χ0n) is 16.9. The van der Waals surface area contributed by atoms with Crippen LogP contribution in [0.2, 0.25) is 0 Å². The third-order valence-corrected chi connectivity index (χ3v) is 6.72. The second-order valence-corrected chi connectivity index (χ2v) is 8.67. The van der Waals surface area contributed by atoms with Crippen LogP contribution in [0.1, 0.15) is 87.0 Å². The van der Waals surface area contributed by atoms with E-state index in [4.69, 9.17) is 0 Å². The van der Waals surface area contributed by atoms with Crippen molar-refractivity contribution in [3.8, 4) is 11.1 Å². The van der Waals surface area contributed by atoms with Crippen LogP contribution in [-0.4, -0.2) is 0 Å². The molecule has 0 nitrogen and oxygen atoms in total. The summed E-state index contributed by atoms with van der Waals surface area (Å²) in [6.45, 7) is 4.17. The molecular weight excluding hydrogens is 357 g/mol. The van der Waals surface area contributed by atoms with Crippen molar-refractivity contribution in [1.82, 2.24) is 0 Å². The van der Waals surface area contributed by atoms with Gasteiger partial charge in [-0.25, -0.2) is 13.2 Å². The first-order chi connectivity index (χ1) is 13.5. The highest BCUT2D eigenvalue weighted by Gasteiger charge is 2.31. The topological polar surface area (TPSA) is 0 Å². The maximum Gasteiger partial charge on any atom is 0.167 e. The average Bonchev–Trinajstić information content (AvgIpc) is 3.06. The van der Waals surface area contributed by atoms with Crippen molar-refractivity contribution < 1.29 is 13.2 Å². The number of halogens is 3. The van der Waals surface area contributed by atoms with Crippen LogP contribution in [0.4, 0.5) is 13.2 Å². The van der Waals surface area contributed by atoms with E-state index in [0.29, 0.717) is 24.3 Å². The molecule has 0 atom stereocenters. The molecule has 0 bridgehead atoms. The van der Waals surface area contributed by atoms with Gasteiger partial charge in [0, 0.05) is 11.1 Å². The molecule has 2 aromatic rings. The molecule has 0 aliphatic heterocycles. The Morgan fingerprint density at radius 1 is 0.821 bits per heavy atom. The first kappa shape index (κ1) is 19.5. The highest BCUT2D eigenvalue weighted by molar-refractivity contribution is 5.78. The minimum atomic E-state index is -0.883. The fraction of sp³-hybridized carbons (Fsp3) is 0.520. The van der Waals surface area contributed by atoms with Crippen LogP contribution in [0.5, 0.6) is 0 Å². The minimum absolute atomic E-state index is 0.142. The van der Waals surface area contributed by atoms with Gasteiger partial charge in [-0.2, -0.15) is 0 Å². The van der Waals surface area contributed by atoms with Crippen molar-refractivity contribution in [2.24, 2.45) is 5.92 Å². The maximum atomic E-state index is 15.1. The molecule has 0 aromatic heterocycles. The number of rotatable bonds is 5. The second-order valence-electron chi connectivity index (χ2n) is 8.67. The summed E-state index contributed by atoms with van der Waals surface area (Å²) >= 11 is 0. The lowest BCUT2D eigenvalue weighted by atomic mass is 9.77. The summed E-state index contributed by atoms with van der Waals surface area (Å²) in [6.07, 6.45) is 8.86. The van der Waals surface area contributed by atoms with Gasteiger partial charge < -0.3 is 0 Å². The zero-order chi connectivity index (χ0) is 19.8. The van der Waals surface area contributed by atoms with E-state index in [2.05, 4.69) is 13.0 Å². The number of benzene rings is 2. The van der Waals surface area contributed by atoms with Gasteiger partial charge >= 0.3 is 0 Å². The second kappa shape index (κ2) is 7.93. The molecule has 0 unspecified atom stereocenters. The molecule has 2 aliphatic carbocycles. The van der Waals surface area contributed by atoms with Gasteiger partial charge in [0.05, 0.1) is 0 Å². The van der Waals surface area contributed by atoms with E-state index < -0.39 is 17.5 Å². The summed E-state index contributed by atoms with van der Waals surface area (Å²) in [5.74, 6) is -0.909. The molecule has 0 amide bonds. The molecule has 2 aliphatic rings. The van der Waals surface area contributed by atoms with Crippen molar-refractivity contribution in [2.75, 3.05) is 0 Å². The van der Waals surface area contributed by atoms with Crippen molar-refractivity contribution in [2.45, 2.75) is 77.6 Å². The Labute approximate surface area is 166 Å². The highest BCUT2D eigenvalue weighted by Crippen LogP contribution is 2.45. The Hall–Kier alpha value is -1.77. The lowest BCUT2D eigenvalue weighted by Gasteiger charge is -2.29. The lowest BCUT2D eigenvalue weighted by molar-refractivity contribution is 0.308. The molecule has 4 rings (SSSR count). The molecule has 0 radical (unpaired) electrons. The van der Waals surface area contributed by atoms with E-state index in [0.717, 1.165) is 41.9 Å². The highest BCUT2D eigenvalue weighted by atomic mass is 19.2. The monoisotopic (exact) mass is 386 g/mol. The largest absolute Gasteiger partial charge is 0.206 e. The third-order valence-electron chi connectivity index (χ3n) is 6.72. The summed E-state index contributed by atoms with van der Waals surface area (Å²) < 4.78 is 44.3. The molecule has 28 heavy (non-hydrogen) atoms. The molecule has 0 heterocycles. The number of aryl methyl sites for hydroxylation is 1. The Kier molecular flexibility index (Phi) is 5.53. The van der Waals surface area contributed by atoms with Gasteiger partial charge in [0.25, 0.3) is 0 Å². The van der Waals surface area contributed by atoms with Crippen molar-refractivity contribution >= 4 is 0 Å². The van der Waals surface area contributed by atoms with Gasteiger partial charge in [-0.15, -0.1) is 0 Å². The predicted molar refractivity (Wildman–Crippen MR) is 108 cm³/mol. The molecule has 0 spiro atoms. The standard InChI is InChI=1S/C25H29F3/c1-3-5-15-7-9-16(10-8-15)18-12-19-13-20-11-17(6-4-2)24(27)25(28)23(20)22(19)21(26)14-18/h11-12,14-16H,3-10,13H2,1-2H3. The van der Waals surface area contributed by atoms with E-state index in [9.17, 15) is 8.78 Å². The van der Waals surface area contributed by atoms with E-state index in [1.165, 1.54) is 25.7 Å². The van der Waals surface area contributed by atoms with Gasteiger partial charge in [-0.05, 0) is 78.7 Å². The summed E-state index contributed by atoms with van der Waals surface area (Å²) in [6, 6.07) is 5.38. The maximum absolute atomic E-state index is 15.1. The first-order valence-corrected chi connectivity index (χ1v) is 10.9. The van der Waals surface area contributed by atoms with Crippen LogP contribution in [0, 0.1) is 23.4 Å². The quantitative estimate of drug-likeness (QED) is 0.421. The number of hydrogen-bond acceptors (Lipinski definition) is 0. The molecule has 1 saturated carbocycles. The van der Waals surface area contributed by atoms with Crippen LogP contribution >= 0.6 is 0 Å². The van der Waals surface area contributed by atoms with E-state index in [1.54, 1.807) is 12.1 Å². The van der Waals surface area contributed by atoms with Crippen molar-refractivity contribution in [1.29, 1.82) is 0 Å². The predicted octanol–water partition coefficient (Wildman–Crippen LogP) is 7.70. The van der Waals surface area contributed by atoms with Crippen molar-refractivity contribution in [3.63, 3.8) is 0 Å². The summed E-state index contributed by atoms with van der Waals surface area (Å²) in [4.78, 5) is 0. The number of hydrogen-bond donors (Lipinski definition) is 0. The Morgan fingerprint density at radius 2 is 1.54 bits per heavy atom.